The molecule has 0 saturated carbocycles. The van der Waals surface area contributed by atoms with Gasteiger partial charge in [0.2, 0.25) is 0 Å². The molecule has 0 aromatic heterocycles. The van der Waals surface area contributed by atoms with E-state index in [0.717, 1.165) is 6.07 Å². The first-order valence-corrected chi connectivity index (χ1v) is 4.20. The molecule has 0 atom stereocenters. The Morgan fingerprint density at radius 3 is 2.87 bits per heavy atom. The molecule has 0 aliphatic carbocycles. The van der Waals surface area contributed by atoms with Crippen molar-refractivity contribution in [1.82, 2.24) is 0 Å². The average molecular weight is 214 g/mol. The molecule has 1 aromatic carbocycles. The van der Waals surface area contributed by atoms with Crippen LogP contribution in [0.2, 0.25) is 0 Å². The van der Waals surface area contributed by atoms with Gasteiger partial charge >= 0.3 is 0 Å². The Morgan fingerprint density at radius 2 is 2.27 bits per heavy atom. The van der Waals surface area contributed by atoms with Gasteiger partial charge in [-0.2, -0.15) is 0 Å². The second-order valence-corrected chi connectivity index (χ2v) is 2.70. The fourth-order valence-corrected chi connectivity index (χ4v) is 1.04. The molecule has 82 valence electrons. The van der Waals surface area contributed by atoms with Gasteiger partial charge in [0.15, 0.2) is 5.84 Å². The summed E-state index contributed by atoms with van der Waals surface area (Å²) >= 11 is 0. The lowest BCUT2D eigenvalue weighted by atomic mass is 10.2. The van der Waals surface area contributed by atoms with E-state index in [2.05, 4.69) is 5.16 Å². The molecule has 0 unspecified atom stereocenters. The van der Waals surface area contributed by atoms with Crippen molar-refractivity contribution in [3.8, 4) is 5.75 Å². The highest BCUT2D eigenvalue weighted by molar-refractivity contribution is 5.99. The molecule has 0 aliphatic rings. The summed E-state index contributed by atoms with van der Waals surface area (Å²) < 4.78 is 17.9. The zero-order valence-electron chi connectivity index (χ0n) is 7.85. The number of nitrogens with zero attached hydrogens (tertiary/aromatic N) is 1. The number of oxime groups is 1. The topological polar surface area (TPSA) is 88.1 Å². The molecule has 0 fully saturated rings. The fraction of sp³-hybridized carbons (Fsp3) is 0.222. The molecular formula is C9H11FN2O3. The summed E-state index contributed by atoms with van der Waals surface area (Å²) in [6.45, 7) is -0.121. The number of hydrogen-bond donors (Lipinski definition) is 3. The molecule has 5 nitrogen and oxygen atoms in total. The third kappa shape index (κ3) is 2.81. The van der Waals surface area contributed by atoms with E-state index in [9.17, 15) is 4.39 Å². The standard InChI is InChI=1S/C9H11FN2O3/c10-6-1-2-8(15-4-3-13)7(5-6)9(11)12-14/h1-2,5,13-14H,3-4H2,(H2,11,12). The van der Waals surface area contributed by atoms with Gasteiger partial charge in [-0.1, -0.05) is 5.16 Å². The van der Waals surface area contributed by atoms with Crippen LogP contribution in [0.1, 0.15) is 5.56 Å². The van der Waals surface area contributed by atoms with Crippen LogP contribution in [-0.2, 0) is 0 Å². The predicted octanol–water partition coefficient (Wildman–Crippen LogP) is 0.291. The van der Waals surface area contributed by atoms with E-state index in [0.29, 0.717) is 0 Å². The Kier molecular flexibility index (Phi) is 3.87. The van der Waals surface area contributed by atoms with Crippen LogP contribution in [0.25, 0.3) is 0 Å². The third-order valence-electron chi connectivity index (χ3n) is 1.67. The summed E-state index contributed by atoms with van der Waals surface area (Å²) in [5.74, 6) is -0.517. The fourth-order valence-electron chi connectivity index (χ4n) is 1.04. The van der Waals surface area contributed by atoms with Crippen LogP contribution in [0.5, 0.6) is 5.75 Å². The van der Waals surface area contributed by atoms with Crippen LogP contribution in [0.4, 0.5) is 4.39 Å². The Morgan fingerprint density at radius 1 is 1.53 bits per heavy atom. The predicted molar refractivity (Wildman–Crippen MR) is 51.5 cm³/mol. The quantitative estimate of drug-likeness (QED) is 0.291. The van der Waals surface area contributed by atoms with E-state index in [1.54, 1.807) is 0 Å². The summed E-state index contributed by atoms with van der Waals surface area (Å²) in [5, 5.41) is 19.8. The summed E-state index contributed by atoms with van der Waals surface area (Å²) in [7, 11) is 0. The van der Waals surface area contributed by atoms with E-state index in [1.165, 1.54) is 12.1 Å². The molecule has 6 heteroatoms. The first kappa shape index (κ1) is 11.3. The van der Waals surface area contributed by atoms with Gasteiger partial charge in [-0.3, -0.25) is 0 Å². The number of hydrogen-bond acceptors (Lipinski definition) is 4. The highest BCUT2D eigenvalue weighted by Crippen LogP contribution is 2.19. The lowest BCUT2D eigenvalue weighted by Gasteiger charge is -2.09. The smallest absolute Gasteiger partial charge is 0.173 e. The van der Waals surface area contributed by atoms with Crippen molar-refractivity contribution >= 4 is 5.84 Å². The van der Waals surface area contributed by atoms with Gasteiger partial charge in [-0.25, -0.2) is 4.39 Å². The van der Waals surface area contributed by atoms with Crippen molar-refractivity contribution in [3.63, 3.8) is 0 Å². The van der Waals surface area contributed by atoms with Gasteiger partial charge in [-0.15, -0.1) is 0 Å². The van der Waals surface area contributed by atoms with Gasteiger partial charge in [0.1, 0.15) is 18.2 Å². The molecule has 1 aromatic rings. The van der Waals surface area contributed by atoms with Crippen molar-refractivity contribution < 1.29 is 19.4 Å². The van der Waals surface area contributed by atoms with Crippen LogP contribution < -0.4 is 10.5 Å². The number of ether oxygens (including phenoxy) is 1. The van der Waals surface area contributed by atoms with Crippen LogP contribution in [-0.4, -0.2) is 29.4 Å². The second-order valence-electron chi connectivity index (χ2n) is 2.70. The normalized spacial score (nSPS) is 11.5. The van der Waals surface area contributed by atoms with E-state index in [4.69, 9.17) is 20.8 Å². The zero-order valence-corrected chi connectivity index (χ0v) is 7.85. The molecule has 0 heterocycles. The van der Waals surface area contributed by atoms with Crippen molar-refractivity contribution in [3.05, 3.63) is 29.6 Å². The molecule has 1 rings (SSSR count). The zero-order chi connectivity index (χ0) is 11.3. The number of aliphatic hydroxyl groups is 1. The summed E-state index contributed by atoms with van der Waals surface area (Å²) in [6, 6.07) is 3.61. The molecule has 0 spiro atoms. The monoisotopic (exact) mass is 214 g/mol. The SMILES string of the molecule is NC(=NO)c1cc(F)ccc1OCCO. The third-order valence-corrected chi connectivity index (χ3v) is 1.67. The summed E-state index contributed by atoms with van der Waals surface area (Å²) in [5.41, 5.74) is 5.47. The number of rotatable bonds is 4. The Balaban J connectivity index is 3.03. The molecule has 0 bridgehead atoms. The number of aliphatic hydroxyl groups excluding tert-OH is 1. The van der Waals surface area contributed by atoms with Crippen LogP contribution >= 0.6 is 0 Å². The highest BCUT2D eigenvalue weighted by atomic mass is 19.1. The maximum Gasteiger partial charge on any atom is 0.173 e. The molecule has 0 amide bonds. The van der Waals surface area contributed by atoms with Crippen molar-refractivity contribution in [1.29, 1.82) is 0 Å². The Labute approximate surface area is 85.6 Å². The molecule has 4 N–H and O–H groups in total. The van der Waals surface area contributed by atoms with Crippen molar-refractivity contribution in [2.45, 2.75) is 0 Å². The largest absolute Gasteiger partial charge is 0.490 e. The number of benzene rings is 1. The Hall–Kier alpha value is -1.82. The van der Waals surface area contributed by atoms with Crippen LogP contribution in [0, 0.1) is 5.82 Å². The van der Waals surface area contributed by atoms with Gasteiger partial charge < -0.3 is 20.8 Å². The first-order chi connectivity index (χ1) is 7.19. The number of halogens is 1. The van der Waals surface area contributed by atoms with Gasteiger partial charge in [0.05, 0.1) is 12.2 Å². The highest BCUT2D eigenvalue weighted by Gasteiger charge is 2.09. The van der Waals surface area contributed by atoms with Crippen LogP contribution in [0.15, 0.2) is 23.4 Å². The van der Waals surface area contributed by atoms with E-state index < -0.39 is 5.82 Å². The Bertz CT molecular complexity index is 368. The number of nitrogens with two attached hydrogens (primary N) is 1. The van der Waals surface area contributed by atoms with Crippen molar-refractivity contribution in [2.75, 3.05) is 13.2 Å². The maximum absolute atomic E-state index is 12.9. The maximum atomic E-state index is 12.9. The lowest BCUT2D eigenvalue weighted by molar-refractivity contribution is 0.201. The van der Waals surface area contributed by atoms with Crippen molar-refractivity contribution in [2.24, 2.45) is 10.9 Å². The minimum atomic E-state index is -0.520. The minimum Gasteiger partial charge on any atom is -0.490 e. The summed E-state index contributed by atoms with van der Waals surface area (Å²) in [4.78, 5) is 0. The minimum absolute atomic E-state index is 0.0529. The number of amidine groups is 1. The lowest BCUT2D eigenvalue weighted by Crippen LogP contribution is -2.16. The van der Waals surface area contributed by atoms with E-state index in [1.807, 2.05) is 0 Å². The van der Waals surface area contributed by atoms with Gasteiger partial charge in [-0.05, 0) is 18.2 Å². The molecular weight excluding hydrogens is 203 g/mol. The molecule has 0 aliphatic heterocycles. The first-order valence-electron chi connectivity index (χ1n) is 4.20. The van der Waals surface area contributed by atoms with E-state index in [-0.39, 0.29) is 30.4 Å². The van der Waals surface area contributed by atoms with Crippen LogP contribution in [0.3, 0.4) is 0 Å². The van der Waals surface area contributed by atoms with Gasteiger partial charge in [0.25, 0.3) is 0 Å². The second kappa shape index (κ2) is 5.16. The van der Waals surface area contributed by atoms with Gasteiger partial charge in [0, 0.05) is 0 Å². The molecule has 0 radical (unpaired) electrons. The molecule has 15 heavy (non-hydrogen) atoms. The average Bonchev–Trinajstić information content (AvgIpc) is 2.26. The summed E-state index contributed by atoms with van der Waals surface area (Å²) in [6.07, 6.45) is 0. The van der Waals surface area contributed by atoms with E-state index >= 15 is 0 Å². The molecule has 0 saturated heterocycles.